The van der Waals surface area contributed by atoms with Crippen molar-refractivity contribution < 1.29 is 9.53 Å². The van der Waals surface area contributed by atoms with Gasteiger partial charge >= 0.3 is 0 Å². The Morgan fingerprint density at radius 2 is 1.82 bits per heavy atom. The van der Waals surface area contributed by atoms with E-state index in [2.05, 4.69) is 10.6 Å². The van der Waals surface area contributed by atoms with Gasteiger partial charge in [-0.1, -0.05) is 18.2 Å². The third-order valence-electron chi connectivity index (χ3n) is 6.39. The van der Waals surface area contributed by atoms with Gasteiger partial charge in [-0.2, -0.15) is 5.10 Å². The number of para-hydroxylation sites is 1. The number of amides is 1. The van der Waals surface area contributed by atoms with Gasteiger partial charge in [-0.15, -0.1) is 11.3 Å². The van der Waals surface area contributed by atoms with E-state index in [1.54, 1.807) is 18.4 Å². The molecule has 0 saturated carbocycles. The molecule has 2 N–H and O–H groups in total. The molecule has 3 heterocycles. The molecular formula is C26H24N4O2S. The molecule has 1 aliphatic carbocycles. The molecular weight excluding hydrogens is 432 g/mol. The van der Waals surface area contributed by atoms with Gasteiger partial charge < -0.3 is 15.4 Å². The van der Waals surface area contributed by atoms with E-state index in [-0.39, 0.29) is 12.1 Å². The summed E-state index contributed by atoms with van der Waals surface area (Å²) >= 11 is 1.73. The number of anilines is 1. The summed E-state index contributed by atoms with van der Waals surface area (Å²) in [5.41, 5.74) is 5.76. The van der Waals surface area contributed by atoms with Gasteiger partial charge in [0.05, 0.1) is 24.1 Å². The van der Waals surface area contributed by atoms with Crippen LogP contribution in [-0.2, 0) is 12.8 Å². The van der Waals surface area contributed by atoms with E-state index in [1.807, 2.05) is 65.5 Å². The third-order valence-corrected chi connectivity index (χ3v) is 7.61. The van der Waals surface area contributed by atoms with Gasteiger partial charge in [-0.05, 0) is 67.6 Å². The Morgan fingerprint density at radius 1 is 1.03 bits per heavy atom. The van der Waals surface area contributed by atoms with Gasteiger partial charge in [0.25, 0.3) is 5.91 Å². The molecule has 0 saturated heterocycles. The number of nitrogens with one attached hydrogen (secondary N) is 2. The summed E-state index contributed by atoms with van der Waals surface area (Å²) in [4.78, 5) is 14.6. The molecule has 166 valence electrons. The molecule has 0 spiro atoms. The Kier molecular flexibility index (Phi) is 4.91. The molecule has 33 heavy (non-hydrogen) atoms. The Labute approximate surface area is 196 Å². The lowest BCUT2D eigenvalue weighted by Gasteiger charge is -2.26. The van der Waals surface area contributed by atoms with Crippen molar-refractivity contribution in [2.24, 2.45) is 0 Å². The lowest BCUT2D eigenvalue weighted by Crippen LogP contribution is -2.38. The summed E-state index contributed by atoms with van der Waals surface area (Å²) in [6.45, 7) is 0. The number of aromatic nitrogens is 2. The second-order valence-corrected chi connectivity index (χ2v) is 9.51. The minimum atomic E-state index is -0.361. The maximum atomic E-state index is 13.2. The second-order valence-electron chi connectivity index (χ2n) is 8.41. The number of hydrogen-bond acceptors (Lipinski definition) is 5. The van der Waals surface area contributed by atoms with E-state index in [1.165, 1.54) is 16.9 Å². The fourth-order valence-electron chi connectivity index (χ4n) is 4.72. The molecule has 6 nitrogen and oxygen atoms in total. The van der Waals surface area contributed by atoms with Crippen LogP contribution in [0.3, 0.4) is 0 Å². The van der Waals surface area contributed by atoms with Crippen molar-refractivity contribution in [2.75, 3.05) is 12.4 Å². The van der Waals surface area contributed by atoms with Crippen molar-refractivity contribution >= 4 is 22.2 Å². The smallest absolute Gasteiger partial charge is 0.256 e. The summed E-state index contributed by atoms with van der Waals surface area (Å²) in [5, 5.41) is 12.7. The topological polar surface area (TPSA) is 68.2 Å². The van der Waals surface area contributed by atoms with Crippen LogP contribution >= 0.6 is 11.3 Å². The van der Waals surface area contributed by atoms with Gasteiger partial charge in [-0.25, -0.2) is 4.68 Å². The molecule has 1 aliphatic heterocycles. The summed E-state index contributed by atoms with van der Waals surface area (Å²) in [5.74, 6) is 0.794. The van der Waals surface area contributed by atoms with Crippen molar-refractivity contribution in [3.8, 4) is 22.7 Å². The van der Waals surface area contributed by atoms with E-state index < -0.39 is 0 Å². The van der Waals surface area contributed by atoms with Crippen molar-refractivity contribution in [2.45, 2.75) is 31.8 Å². The van der Waals surface area contributed by atoms with E-state index in [4.69, 9.17) is 9.84 Å². The molecule has 1 amide bonds. The van der Waals surface area contributed by atoms with Crippen molar-refractivity contribution in [1.82, 2.24) is 15.1 Å². The van der Waals surface area contributed by atoms with E-state index in [0.717, 1.165) is 58.1 Å². The maximum Gasteiger partial charge on any atom is 0.256 e. The number of carbonyl (C=O) groups excluding carboxylic acids is 1. The predicted molar refractivity (Wildman–Crippen MR) is 130 cm³/mol. The number of aryl methyl sites for hydroxylation is 1. The summed E-state index contributed by atoms with van der Waals surface area (Å²) in [6, 6.07) is 17.9. The fraction of sp³-hybridized carbons (Fsp3) is 0.231. The zero-order valence-corrected chi connectivity index (χ0v) is 19.1. The normalized spacial score (nSPS) is 17.0. The van der Waals surface area contributed by atoms with Crippen molar-refractivity contribution in [3.05, 3.63) is 82.4 Å². The number of methoxy groups -OCH3 is 1. The lowest BCUT2D eigenvalue weighted by atomic mass is 9.94. The molecule has 0 radical (unpaired) electrons. The number of carbonyl (C=O) groups is 1. The molecule has 2 aromatic carbocycles. The van der Waals surface area contributed by atoms with Crippen LogP contribution in [0.1, 0.15) is 45.4 Å². The van der Waals surface area contributed by atoms with Gasteiger partial charge in [-0.3, -0.25) is 4.79 Å². The van der Waals surface area contributed by atoms with E-state index in [9.17, 15) is 4.79 Å². The minimum Gasteiger partial charge on any atom is -0.497 e. The minimum absolute atomic E-state index is 0.00120. The highest BCUT2D eigenvalue weighted by atomic mass is 32.1. The Hall–Kier alpha value is -3.58. The molecule has 7 heteroatoms. The predicted octanol–water partition coefficient (Wildman–Crippen LogP) is 5.34. The number of benzene rings is 2. The van der Waals surface area contributed by atoms with Crippen LogP contribution in [0.15, 0.2) is 60.8 Å². The molecule has 6 rings (SSSR count). The summed E-state index contributed by atoms with van der Waals surface area (Å²) in [7, 11) is 1.66. The molecule has 1 atom stereocenters. The second kappa shape index (κ2) is 8.08. The first kappa shape index (κ1) is 20.1. The van der Waals surface area contributed by atoms with Crippen molar-refractivity contribution in [1.29, 1.82) is 0 Å². The molecule has 0 bridgehead atoms. The van der Waals surface area contributed by atoms with Crippen LogP contribution < -0.4 is 15.4 Å². The van der Waals surface area contributed by atoms with E-state index >= 15 is 0 Å². The quantitative estimate of drug-likeness (QED) is 0.435. The van der Waals surface area contributed by atoms with E-state index in [0.29, 0.717) is 0 Å². The molecule has 1 unspecified atom stereocenters. The largest absolute Gasteiger partial charge is 0.497 e. The lowest BCUT2D eigenvalue weighted by molar-refractivity contribution is 0.0935. The SMILES string of the molecule is COc1ccc(-c2nn(-c3ccccc3)cc2C2NC(=O)c3c(sc4c3CCCC4)N2)cc1. The average Bonchev–Trinajstić information content (AvgIpc) is 3.47. The first-order valence-corrected chi connectivity index (χ1v) is 12.0. The zero-order chi connectivity index (χ0) is 22.4. The van der Waals surface area contributed by atoms with Crippen LogP contribution in [0.4, 0.5) is 5.00 Å². The highest BCUT2D eigenvalue weighted by Crippen LogP contribution is 2.42. The molecule has 2 aliphatic rings. The standard InChI is InChI=1S/C26H24N4O2S/c1-32-18-13-11-16(12-14-18)23-20(15-30(29-23)17-7-3-2-4-8-17)24-27-25(31)22-19-9-5-6-10-21(19)33-26(22)28-24/h2-4,7-8,11-15,24,28H,5-6,9-10H2,1H3,(H,27,31). The molecule has 2 aromatic heterocycles. The first-order valence-electron chi connectivity index (χ1n) is 11.2. The van der Waals surface area contributed by atoms with Crippen molar-refractivity contribution in [3.63, 3.8) is 0 Å². The number of thiophene rings is 1. The number of fused-ring (bicyclic) bond motifs is 3. The highest BCUT2D eigenvalue weighted by molar-refractivity contribution is 7.16. The maximum absolute atomic E-state index is 13.2. The Balaban J connectivity index is 1.43. The number of nitrogens with zero attached hydrogens (tertiary/aromatic N) is 2. The third kappa shape index (κ3) is 3.49. The average molecular weight is 457 g/mol. The number of hydrogen-bond donors (Lipinski definition) is 2. The van der Waals surface area contributed by atoms with Gasteiger partial charge in [0.15, 0.2) is 0 Å². The van der Waals surface area contributed by atoms with Crippen LogP contribution in [0.2, 0.25) is 0 Å². The number of rotatable bonds is 4. The summed E-state index contributed by atoms with van der Waals surface area (Å²) in [6.07, 6.45) is 6.05. The molecule has 4 aromatic rings. The Morgan fingerprint density at radius 3 is 2.61 bits per heavy atom. The van der Waals surface area contributed by atoms with Gasteiger partial charge in [0.2, 0.25) is 0 Å². The molecule has 0 fully saturated rings. The highest BCUT2D eigenvalue weighted by Gasteiger charge is 2.34. The Bertz CT molecular complexity index is 1320. The van der Waals surface area contributed by atoms with Crippen LogP contribution in [0.25, 0.3) is 16.9 Å². The number of ether oxygens (including phenoxy) is 1. The fourth-order valence-corrected chi connectivity index (χ4v) is 6.03. The van der Waals surface area contributed by atoms with Crippen LogP contribution in [-0.4, -0.2) is 22.8 Å². The van der Waals surface area contributed by atoms with Gasteiger partial charge in [0, 0.05) is 22.2 Å². The monoisotopic (exact) mass is 456 g/mol. The van der Waals surface area contributed by atoms with Crippen LogP contribution in [0.5, 0.6) is 5.75 Å². The zero-order valence-electron chi connectivity index (χ0n) is 18.3. The van der Waals surface area contributed by atoms with Crippen LogP contribution in [0, 0.1) is 0 Å². The first-order chi connectivity index (χ1) is 16.2. The van der Waals surface area contributed by atoms with Gasteiger partial charge in [0.1, 0.15) is 16.9 Å². The summed E-state index contributed by atoms with van der Waals surface area (Å²) < 4.78 is 7.20.